The highest BCUT2D eigenvalue weighted by atomic mass is 19.1. The maximum absolute atomic E-state index is 14.7. The molecule has 1 saturated heterocycles. The van der Waals surface area contributed by atoms with Gasteiger partial charge in [0.05, 0.1) is 17.3 Å². The van der Waals surface area contributed by atoms with Crippen LogP contribution in [0.3, 0.4) is 0 Å². The molecule has 1 aliphatic rings. The molecule has 5 aromatic rings. The number of hydrogen-bond donors (Lipinski definition) is 3. The number of fused-ring (bicyclic) bond motifs is 1. The highest BCUT2D eigenvalue weighted by molar-refractivity contribution is 6.00. The fourth-order valence-electron chi connectivity index (χ4n) is 6.14. The summed E-state index contributed by atoms with van der Waals surface area (Å²) in [5.74, 6) is -1.12. The Balaban J connectivity index is 0.00000486. The molecular formula is C39H43FN6O4. The Morgan fingerprint density at radius 1 is 0.960 bits per heavy atom. The predicted octanol–water partition coefficient (Wildman–Crippen LogP) is 6.72. The van der Waals surface area contributed by atoms with Gasteiger partial charge in [0, 0.05) is 72.4 Å². The van der Waals surface area contributed by atoms with E-state index in [1.807, 2.05) is 24.7 Å². The Bertz CT molecular complexity index is 2000. The fraction of sp³-hybridized carbons (Fsp3) is 0.308. The number of amides is 2. The summed E-state index contributed by atoms with van der Waals surface area (Å²) in [6.07, 6.45) is 4.98. The normalized spacial score (nSPS) is 13.0. The van der Waals surface area contributed by atoms with Gasteiger partial charge in [-0.1, -0.05) is 44.7 Å². The summed E-state index contributed by atoms with van der Waals surface area (Å²) >= 11 is 0. The van der Waals surface area contributed by atoms with Gasteiger partial charge in [0.15, 0.2) is 5.65 Å². The number of carbonyl (C=O) groups is 3. The second-order valence-corrected chi connectivity index (χ2v) is 12.0. The van der Waals surface area contributed by atoms with Crippen LogP contribution in [0.15, 0.2) is 72.9 Å². The Morgan fingerprint density at radius 3 is 2.38 bits per heavy atom. The molecule has 0 spiro atoms. The van der Waals surface area contributed by atoms with E-state index in [1.54, 1.807) is 60.7 Å². The Kier molecular flexibility index (Phi) is 11.7. The average molecular weight is 679 g/mol. The van der Waals surface area contributed by atoms with Crippen molar-refractivity contribution < 1.29 is 23.5 Å². The van der Waals surface area contributed by atoms with Gasteiger partial charge in [-0.2, -0.15) is 5.10 Å². The topological polar surface area (TPSA) is 127 Å². The second-order valence-electron chi connectivity index (χ2n) is 12.0. The monoisotopic (exact) mass is 678 g/mol. The molecule has 0 aliphatic carbocycles. The molecule has 3 aromatic carbocycles. The zero-order valence-corrected chi connectivity index (χ0v) is 27.6. The molecule has 1 aliphatic heterocycles. The molecular weight excluding hydrogens is 635 g/mol. The number of pyridine rings is 1. The van der Waals surface area contributed by atoms with E-state index in [2.05, 4.69) is 21.0 Å². The molecule has 0 radical (unpaired) electrons. The summed E-state index contributed by atoms with van der Waals surface area (Å²) in [5, 5.41) is 15.1. The van der Waals surface area contributed by atoms with Crippen molar-refractivity contribution in [2.45, 2.75) is 66.2 Å². The molecule has 260 valence electrons. The van der Waals surface area contributed by atoms with Crippen LogP contribution in [0.1, 0.15) is 82.0 Å². The lowest BCUT2D eigenvalue weighted by Gasteiger charge is -2.26. The minimum atomic E-state index is -0.430. The van der Waals surface area contributed by atoms with Crippen LogP contribution in [0, 0.1) is 5.82 Å². The van der Waals surface area contributed by atoms with Crippen LogP contribution in [0.5, 0.6) is 0 Å². The van der Waals surface area contributed by atoms with Crippen molar-refractivity contribution in [2.75, 3.05) is 18.5 Å². The highest BCUT2D eigenvalue weighted by Crippen LogP contribution is 2.31. The molecule has 3 N–H and O–H groups in total. The zero-order chi connectivity index (χ0) is 34.3. The lowest BCUT2D eigenvalue weighted by molar-refractivity contribution is 0.0904. The molecule has 10 nitrogen and oxygen atoms in total. The molecule has 6 rings (SSSR count). The first-order valence-corrected chi connectivity index (χ1v) is 16.6. The first-order chi connectivity index (χ1) is 23.9. The van der Waals surface area contributed by atoms with Crippen molar-refractivity contribution in [1.82, 2.24) is 25.4 Å². The number of aromatic nitrogens is 3. The van der Waals surface area contributed by atoms with E-state index < -0.39 is 5.82 Å². The molecule has 0 unspecified atom stereocenters. The largest absolute Gasteiger partial charge is 0.381 e. The fourth-order valence-corrected chi connectivity index (χ4v) is 6.14. The molecule has 11 heteroatoms. The number of anilines is 1. The Labute approximate surface area is 291 Å². The van der Waals surface area contributed by atoms with E-state index in [0.717, 1.165) is 40.8 Å². The minimum Gasteiger partial charge on any atom is -0.381 e. The van der Waals surface area contributed by atoms with Crippen molar-refractivity contribution in [3.8, 4) is 11.1 Å². The summed E-state index contributed by atoms with van der Waals surface area (Å²) in [6.45, 7) is 6.54. The quantitative estimate of drug-likeness (QED) is 0.125. The van der Waals surface area contributed by atoms with Crippen molar-refractivity contribution in [3.05, 3.63) is 112 Å². The minimum absolute atomic E-state index is 0. The van der Waals surface area contributed by atoms with Crippen LogP contribution < -0.4 is 16.0 Å². The van der Waals surface area contributed by atoms with Gasteiger partial charge in [-0.3, -0.25) is 14.4 Å². The highest BCUT2D eigenvalue weighted by Gasteiger charge is 2.22. The Hall–Kier alpha value is -5.42. The number of benzene rings is 3. The summed E-state index contributed by atoms with van der Waals surface area (Å²) in [4.78, 5) is 42.8. The molecule has 2 aromatic heterocycles. The molecule has 0 saturated carbocycles. The maximum Gasteiger partial charge on any atom is 0.251 e. The van der Waals surface area contributed by atoms with Crippen molar-refractivity contribution >= 4 is 34.8 Å². The lowest BCUT2D eigenvalue weighted by atomic mass is 10.0. The van der Waals surface area contributed by atoms with Gasteiger partial charge in [-0.05, 0) is 73.7 Å². The van der Waals surface area contributed by atoms with Crippen LogP contribution in [-0.2, 0) is 30.8 Å². The average Bonchev–Trinajstić information content (AvgIpc) is 3.57. The molecule has 50 heavy (non-hydrogen) atoms. The predicted molar refractivity (Wildman–Crippen MR) is 193 cm³/mol. The number of ether oxygens (including phenoxy) is 1. The van der Waals surface area contributed by atoms with Gasteiger partial charge < -0.3 is 20.7 Å². The van der Waals surface area contributed by atoms with Crippen LogP contribution >= 0.6 is 0 Å². The molecule has 3 heterocycles. The summed E-state index contributed by atoms with van der Waals surface area (Å²) in [6, 6.07) is 18.0. The van der Waals surface area contributed by atoms with E-state index in [9.17, 15) is 18.8 Å². The van der Waals surface area contributed by atoms with Gasteiger partial charge in [0.1, 0.15) is 12.1 Å². The van der Waals surface area contributed by atoms with Crippen LogP contribution in [-0.4, -0.2) is 52.1 Å². The van der Waals surface area contributed by atoms with E-state index >= 15 is 0 Å². The summed E-state index contributed by atoms with van der Waals surface area (Å²) in [5.41, 5.74) is 6.23. The number of nitrogens with one attached hydrogen (secondary N) is 3. The van der Waals surface area contributed by atoms with Crippen molar-refractivity contribution in [2.24, 2.45) is 0 Å². The lowest BCUT2D eigenvalue weighted by Crippen LogP contribution is -2.30. The first-order valence-electron chi connectivity index (χ1n) is 16.6. The van der Waals surface area contributed by atoms with Crippen molar-refractivity contribution in [3.63, 3.8) is 0 Å². The zero-order valence-electron chi connectivity index (χ0n) is 27.6. The van der Waals surface area contributed by atoms with Gasteiger partial charge >= 0.3 is 0 Å². The van der Waals surface area contributed by atoms with Crippen LogP contribution in [0.25, 0.3) is 22.2 Å². The first kappa shape index (κ1) is 35.9. The number of carbonyl (C=O) groups excluding carboxylic acids is 3. The SMILES string of the molecule is C.CCc1nc2c(cnn2CC)c(NC2CCOCC2)c1CNC(=O)c1cccc(C(=O)NCc2ccc(F)c(-c3cccc(C=O)c3)c2)c1. The van der Waals surface area contributed by atoms with E-state index in [-0.39, 0.29) is 38.4 Å². The van der Waals surface area contributed by atoms with Gasteiger partial charge in [0.2, 0.25) is 0 Å². The molecule has 2 amide bonds. The third kappa shape index (κ3) is 7.89. The van der Waals surface area contributed by atoms with Crippen LogP contribution in [0.2, 0.25) is 0 Å². The van der Waals surface area contributed by atoms with Crippen LogP contribution in [0.4, 0.5) is 10.1 Å². The second kappa shape index (κ2) is 16.3. The number of aldehydes is 1. The number of nitrogens with zero attached hydrogens (tertiary/aromatic N) is 3. The smallest absolute Gasteiger partial charge is 0.251 e. The van der Waals surface area contributed by atoms with E-state index in [0.29, 0.717) is 65.8 Å². The third-order valence-electron chi connectivity index (χ3n) is 8.81. The van der Waals surface area contributed by atoms with Gasteiger partial charge in [-0.25, -0.2) is 14.1 Å². The summed E-state index contributed by atoms with van der Waals surface area (Å²) in [7, 11) is 0. The molecule has 0 bridgehead atoms. The van der Waals surface area contributed by atoms with Gasteiger partial charge in [-0.15, -0.1) is 0 Å². The van der Waals surface area contributed by atoms with Crippen molar-refractivity contribution in [1.29, 1.82) is 0 Å². The van der Waals surface area contributed by atoms with E-state index in [1.165, 1.54) is 6.07 Å². The molecule has 0 atom stereocenters. The Morgan fingerprint density at radius 2 is 1.68 bits per heavy atom. The summed E-state index contributed by atoms with van der Waals surface area (Å²) < 4.78 is 22.1. The van der Waals surface area contributed by atoms with E-state index in [4.69, 9.17) is 9.72 Å². The van der Waals surface area contributed by atoms with Gasteiger partial charge in [0.25, 0.3) is 11.8 Å². The number of rotatable bonds is 12. The maximum atomic E-state index is 14.7. The number of hydrogen-bond acceptors (Lipinski definition) is 7. The number of halogens is 1. The number of aryl methyl sites for hydroxylation is 2. The molecule has 1 fully saturated rings. The third-order valence-corrected chi connectivity index (χ3v) is 8.81. The standard InChI is InChI=1S/C38H39FN6O4.CH4/c1-3-34-31(35(43-29-13-15-49-16-14-29)32-22-42-45(4-2)36(32)44-34)21-41-38(48)28-10-6-9-27(19-28)37(47)40-20-24-11-12-33(39)30(18-24)26-8-5-7-25(17-26)23-46;/h5-12,17-19,22-23,29H,3-4,13-16,20-21H2,1-2H3,(H,40,47)(H,41,48)(H,43,44);1H4.